The molecule has 0 saturated heterocycles. The normalized spacial score (nSPS) is 11.6. The van der Waals surface area contributed by atoms with Crippen molar-refractivity contribution in [3.05, 3.63) is 43.5 Å². The first-order valence-corrected chi connectivity index (χ1v) is 4.71. The number of hydrogen-bond acceptors (Lipinski definition) is 5. The van der Waals surface area contributed by atoms with Gasteiger partial charge in [0.15, 0.2) is 0 Å². The van der Waals surface area contributed by atoms with Gasteiger partial charge in [0, 0.05) is 11.6 Å². The van der Waals surface area contributed by atoms with Crippen molar-refractivity contribution in [2.45, 2.75) is 19.8 Å². The lowest BCUT2D eigenvalue weighted by molar-refractivity contribution is -0.394. The highest BCUT2D eigenvalue weighted by Gasteiger charge is 2.23. The molecule has 1 aromatic rings. The molecule has 1 unspecified atom stereocenters. The standard InChI is InChI=1S/C10H9N3O4/c1-6(5-11)9-3-8(12(14)15)4-10(7(9)2)13(16)17/h3-4,6H,1-2H3. The van der Waals surface area contributed by atoms with E-state index < -0.39 is 15.8 Å². The van der Waals surface area contributed by atoms with Crippen molar-refractivity contribution in [1.82, 2.24) is 0 Å². The van der Waals surface area contributed by atoms with Crippen LogP contribution in [0.15, 0.2) is 12.1 Å². The van der Waals surface area contributed by atoms with Gasteiger partial charge < -0.3 is 0 Å². The third-order valence-corrected chi connectivity index (χ3v) is 2.47. The summed E-state index contributed by atoms with van der Waals surface area (Å²) in [7, 11) is 0. The van der Waals surface area contributed by atoms with Gasteiger partial charge in [0.25, 0.3) is 11.4 Å². The molecular formula is C10H9N3O4. The molecule has 0 saturated carbocycles. The molecule has 0 aliphatic heterocycles. The molecule has 17 heavy (non-hydrogen) atoms. The Morgan fingerprint density at radius 3 is 2.29 bits per heavy atom. The second kappa shape index (κ2) is 4.57. The number of hydrogen-bond donors (Lipinski definition) is 0. The highest BCUT2D eigenvalue weighted by Crippen LogP contribution is 2.31. The summed E-state index contributed by atoms with van der Waals surface area (Å²) in [5.41, 5.74) is -0.112. The lowest BCUT2D eigenvalue weighted by Crippen LogP contribution is -2.01. The van der Waals surface area contributed by atoms with E-state index >= 15 is 0 Å². The molecule has 1 aromatic carbocycles. The molecule has 0 aliphatic carbocycles. The van der Waals surface area contributed by atoms with Crippen molar-refractivity contribution in [3.63, 3.8) is 0 Å². The predicted molar refractivity (Wildman–Crippen MR) is 58.5 cm³/mol. The first kappa shape index (κ1) is 12.6. The second-order valence-electron chi connectivity index (χ2n) is 3.54. The molecule has 0 spiro atoms. The summed E-state index contributed by atoms with van der Waals surface area (Å²) >= 11 is 0. The Morgan fingerprint density at radius 1 is 1.29 bits per heavy atom. The molecule has 0 heterocycles. The van der Waals surface area contributed by atoms with Gasteiger partial charge in [-0.25, -0.2) is 0 Å². The largest absolute Gasteiger partial charge is 0.279 e. The summed E-state index contributed by atoms with van der Waals surface area (Å²) in [5, 5.41) is 30.2. The van der Waals surface area contributed by atoms with Gasteiger partial charge in [-0.1, -0.05) is 0 Å². The maximum atomic E-state index is 10.8. The molecule has 0 aromatic heterocycles. The SMILES string of the molecule is Cc1c(C(C)C#N)cc([N+](=O)[O-])cc1[N+](=O)[O-]. The quantitative estimate of drug-likeness (QED) is 0.590. The van der Waals surface area contributed by atoms with E-state index in [-0.39, 0.29) is 16.9 Å². The van der Waals surface area contributed by atoms with Crippen LogP contribution in [0.2, 0.25) is 0 Å². The maximum Gasteiger partial charge on any atom is 0.279 e. The average Bonchev–Trinajstić information content (AvgIpc) is 2.27. The highest BCUT2D eigenvalue weighted by molar-refractivity contribution is 5.55. The Kier molecular flexibility index (Phi) is 3.38. The number of nitro groups is 2. The number of nitro benzene ring substituents is 2. The summed E-state index contributed by atoms with van der Waals surface area (Å²) in [6, 6.07) is 4.02. The topological polar surface area (TPSA) is 110 Å². The molecule has 0 fully saturated rings. The third-order valence-electron chi connectivity index (χ3n) is 2.47. The number of benzene rings is 1. The zero-order chi connectivity index (χ0) is 13.2. The summed E-state index contributed by atoms with van der Waals surface area (Å²) in [6.07, 6.45) is 0. The van der Waals surface area contributed by atoms with Crippen LogP contribution in [0.25, 0.3) is 0 Å². The second-order valence-corrected chi connectivity index (χ2v) is 3.54. The van der Waals surface area contributed by atoms with E-state index in [0.717, 1.165) is 6.07 Å². The number of non-ortho nitro benzene ring substituents is 1. The molecule has 88 valence electrons. The first-order chi connectivity index (χ1) is 7.88. The molecule has 1 atom stereocenters. The maximum absolute atomic E-state index is 10.8. The molecule has 7 heteroatoms. The molecule has 0 N–H and O–H groups in total. The first-order valence-electron chi connectivity index (χ1n) is 4.71. The van der Waals surface area contributed by atoms with E-state index in [0.29, 0.717) is 5.56 Å². The van der Waals surface area contributed by atoms with Crippen LogP contribution in [0.3, 0.4) is 0 Å². The van der Waals surface area contributed by atoms with Crippen LogP contribution in [-0.2, 0) is 0 Å². The van der Waals surface area contributed by atoms with Crippen molar-refractivity contribution in [1.29, 1.82) is 5.26 Å². The third kappa shape index (κ3) is 2.36. The molecule has 0 bridgehead atoms. The van der Waals surface area contributed by atoms with Crippen LogP contribution in [0.1, 0.15) is 24.0 Å². The molecule has 0 amide bonds. The summed E-state index contributed by atoms with van der Waals surface area (Å²) in [5.74, 6) is -0.631. The van der Waals surface area contributed by atoms with Gasteiger partial charge in [-0.2, -0.15) is 5.26 Å². The molecule has 0 aliphatic rings. The zero-order valence-electron chi connectivity index (χ0n) is 9.21. The smallest absolute Gasteiger partial charge is 0.258 e. The summed E-state index contributed by atoms with van der Waals surface area (Å²) in [4.78, 5) is 20.0. The van der Waals surface area contributed by atoms with E-state index in [4.69, 9.17) is 5.26 Å². The molecule has 7 nitrogen and oxygen atoms in total. The van der Waals surface area contributed by atoms with Gasteiger partial charge in [0.05, 0.1) is 27.9 Å². The van der Waals surface area contributed by atoms with Gasteiger partial charge >= 0.3 is 0 Å². The lowest BCUT2D eigenvalue weighted by atomic mass is 9.95. The minimum absolute atomic E-state index is 0.287. The van der Waals surface area contributed by atoms with Crippen LogP contribution in [-0.4, -0.2) is 9.85 Å². The van der Waals surface area contributed by atoms with E-state index in [2.05, 4.69) is 0 Å². The van der Waals surface area contributed by atoms with Crippen molar-refractivity contribution in [3.8, 4) is 6.07 Å². The zero-order valence-corrected chi connectivity index (χ0v) is 9.21. The number of nitrogens with zero attached hydrogens (tertiary/aromatic N) is 3. The average molecular weight is 235 g/mol. The monoisotopic (exact) mass is 235 g/mol. The van der Waals surface area contributed by atoms with E-state index in [1.54, 1.807) is 0 Å². The van der Waals surface area contributed by atoms with E-state index in [1.807, 2.05) is 6.07 Å². The number of nitriles is 1. The minimum Gasteiger partial charge on any atom is -0.258 e. The van der Waals surface area contributed by atoms with Gasteiger partial charge in [-0.05, 0) is 19.4 Å². The van der Waals surface area contributed by atoms with Crippen LogP contribution in [0, 0.1) is 38.5 Å². The fourth-order valence-corrected chi connectivity index (χ4v) is 1.52. The van der Waals surface area contributed by atoms with Crippen LogP contribution in [0.4, 0.5) is 11.4 Å². The van der Waals surface area contributed by atoms with E-state index in [1.165, 1.54) is 19.9 Å². The van der Waals surface area contributed by atoms with E-state index in [9.17, 15) is 20.2 Å². The Hall–Kier alpha value is -2.49. The van der Waals surface area contributed by atoms with Crippen LogP contribution >= 0.6 is 0 Å². The van der Waals surface area contributed by atoms with Gasteiger partial charge in [-0.3, -0.25) is 20.2 Å². The Bertz CT molecular complexity index is 533. The Balaban J connectivity index is 3.55. The molecule has 1 rings (SSSR count). The molecule has 0 radical (unpaired) electrons. The lowest BCUT2D eigenvalue weighted by Gasteiger charge is -2.07. The Morgan fingerprint density at radius 2 is 1.88 bits per heavy atom. The van der Waals surface area contributed by atoms with Gasteiger partial charge in [0.1, 0.15) is 0 Å². The predicted octanol–water partition coefficient (Wildman–Crippen LogP) is 2.44. The van der Waals surface area contributed by atoms with Crippen molar-refractivity contribution in [2.75, 3.05) is 0 Å². The molecular weight excluding hydrogens is 226 g/mol. The minimum atomic E-state index is -0.708. The summed E-state index contributed by atoms with van der Waals surface area (Å²) < 4.78 is 0. The van der Waals surface area contributed by atoms with Crippen molar-refractivity contribution >= 4 is 11.4 Å². The van der Waals surface area contributed by atoms with Crippen molar-refractivity contribution in [2.24, 2.45) is 0 Å². The number of rotatable bonds is 3. The highest BCUT2D eigenvalue weighted by atomic mass is 16.6. The van der Waals surface area contributed by atoms with Gasteiger partial charge in [0.2, 0.25) is 0 Å². The van der Waals surface area contributed by atoms with Crippen LogP contribution in [0.5, 0.6) is 0 Å². The van der Waals surface area contributed by atoms with Crippen LogP contribution < -0.4 is 0 Å². The fraction of sp³-hybridized carbons (Fsp3) is 0.300. The van der Waals surface area contributed by atoms with Gasteiger partial charge in [-0.15, -0.1) is 0 Å². The van der Waals surface area contributed by atoms with Crippen molar-refractivity contribution < 1.29 is 9.85 Å². The Labute approximate surface area is 96.6 Å². The fourth-order valence-electron chi connectivity index (χ4n) is 1.52. The summed E-state index contributed by atoms with van der Waals surface area (Å²) in [6.45, 7) is 3.01.